The number of piperazine rings is 1. The van der Waals surface area contributed by atoms with Crippen molar-refractivity contribution in [3.63, 3.8) is 0 Å². The molecule has 0 spiro atoms. The van der Waals surface area contributed by atoms with Gasteiger partial charge < -0.3 is 9.80 Å². The van der Waals surface area contributed by atoms with Gasteiger partial charge in [-0.05, 0) is 25.2 Å². The van der Waals surface area contributed by atoms with Crippen LogP contribution in [0.1, 0.15) is 5.56 Å². The smallest absolute Gasteiger partial charge is 0.147 e. The molecule has 4 heteroatoms. The van der Waals surface area contributed by atoms with Crippen molar-refractivity contribution in [2.75, 3.05) is 38.1 Å². The molecule has 0 radical (unpaired) electrons. The van der Waals surface area contributed by atoms with Gasteiger partial charge in [0.1, 0.15) is 5.82 Å². The van der Waals surface area contributed by atoms with Gasteiger partial charge in [0.25, 0.3) is 0 Å². The topological polar surface area (TPSA) is 30.3 Å². The summed E-state index contributed by atoms with van der Waals surface area (Å²) in [6.07, 6.45) is 0. The zero-order valence-corrected chi connectivity index (χ0v) is 9.28. The zero-order valence-electron chi connectivity index (χ0n) is 9.28. The Bertz CT molecular complexity index is 417. The lowest BCUT2D eigenvalue weighted by atomic mass is 10.2. The third-order valence-corrected chi connectivity index (χ3v) is 2.92. The van der Waals surface area contributed by atoms with Gasteiger partial charge in [0.05, 0.1) is 17.3 Å². The van der Waals surface area contributed by atoms with Crippen LogP contribution in [0.2, 0.25) is 0 Å². The third-order valence-electron chi connectivity index (χ3n) is 2.92. The summed E-state index contributed by atoms with van der Waals surface area (Å²) in [5, 5.41) is 8.66. The molecule has 0 amide bonds. The summed E-state index contributed by atoms with van der Waals surface area (Å²) >= 11 is 0. The maximum Gasteiger partial charge on any atom is 0.147 e. The summed E-state index contributed by atoms with van der Waals surface area (Å²) in [5.41, 5.74) is 0.975. The number of nitrogens with zero attached hydrogens (tertiary/aromatic N) is 3. The van der Waals surface area contributed by atoms with E-state index in [-0.39, 0.29) is 5.82 Å². The van der Waals surface area contributed by atoms with Gasteiger partial charge in [0.2, 0.25) is 0 Å². The Balaban J connectivity index is 2.18. The number of likely N-dealkylation sites (N-methyl/N-ethyl adjacent to an activating group) is 1. The van der Waals surface area contributed by atoms with Crippen molar-refractivity contribution in [3.8, 4) is 6.07 Å². The van der Waals surface area contributed by atoms with Crippen molar-refractivity contribution in [1.82, 2.24) is 4.90 Å². The van der Waals surface area contributed by atoms with Gasteiger partial charge in [0, 0.05) is 26.2 Å². The molecule has 0 N–H and O–H groups in total. The fraction of sp³-hybridized carbons (Fsp3) is 0.417. The Kier molecular flexibility index (Phi) is 3.07. The first-order chi connectivity index (χ1) is 7.70. The summed E-state index contributed by atoms with van der Waals surface area (Å²) in [7, 11) is 2.06. The molecule has 0 aromatic heterocycles. The summed E-state index contributed by atoms with van der Waals surface area (Å²) in [6, 6.07) is 6.59. The van der Waals surface area contributed by atoms with Crippen LogP contribution < -0.4 is 4.90 Å². The van der Waals surface area contributed by atoms with Crippen LogP contribution in [0.4, 0.5) is 10.1 Å². The van der Waals surface area contributed by atoms with Crippen LogP contribution in [0, 0.1) is 17.1 Å². The molecule has 1 aliphatic rings. The van der Waals surface area contributed by atoms with Crippen molar-refractivity contribution in [2.24, 2.45) is 0 Å². The first kappa shape index (κ1) is 10.9. The van der Waals surface area contributed by atoms with Crippen LogP contribution in [0.25, 0.3) is 0 Å². The van der Waals surface area contributed by atoms with E-state index in [1.165, 1.54) is 6.07 Å². The maximum atomic E-state index is 13.7. The standard InChI is InChI=1S/C12H14FN3/c1-15-4-6-16(7-5-15)12-3-2-10(9-14)8-11(12)13/h2-3,8H,4-7H2,1H3. The summed E-state index contributed by atoms with van der Waals surface area (Å²) in [5.74, 6) is -0.302. The van der Waals surface area contributed by atoms with E-state index in [9.17, 15) is 4.39 Å². The van der Waals surface area contributed by atoms with Crippen molar-refractivity contribution < 1.29 is 4.39 Å². The minimum Gasteiger partial charge on any atom is -0.367 e. The maximum absolute atomic E-state index is 13.7. The molecular weight excluding hydrogens is 205 g/mol. The first-order valence-corrected chi connectivity index (χ1v) is 5.34. The molecule has 0 saturated carbocycles. The van der Waals surface area contributed by atoms with Crippen LogP contribution in [0.5, 0.6) is 0 Å². The monoisotopic (exact) mass is 219 g/mol. The fourth-order valence-corrected chi connectivity index (χ4v) is 1.88. The van der Waals surface area contributed by atoms with E-state index in [4.69, 9.17) is 5.26 Å². The quantitative estimate of drug-likeness (QED) is 0.716. The lowest BCUT2D eigenvalue weighted by Crippen LogP contribution is -2.44. The zero-order chi connectivity index (χ0) is 11.5. The summed E-state index contributed by atoms with van der Waals surface area (Å²) in [4.78, 5) is 4.24. The lowest BCUT2D eigenvalue weighted by Gasteiger charge is -2.34. The molecule has 16 heavy (non-hydrogen) atoms. The molecule has 0 unspecified atom stereocenters. The molecule has 84 valence electrons. The van der Waals surface area contributed by atoms with Gasteiger partial charge in [-0.15, -0.1) is 0 Å². The number of hydrogen-bond acceptors (Lipinski definition) is 3. The molecule has 1 aliphatic heterocycles. The van der Waals surface area contributed by atoms with E-state index in [2.05, 4.69) is 11.9 Å². The largest absolute Gasteiger partial charge is 0.367 e. The van der Waals surface area contributed by atoms with E-state index in [0.717, 1.165) is 26.2 Å². The average molecular weight is 219 g/mol. The van der Waals surface area contributed by atoms with E-state index in [1.54, 1.807) is 12.1 Å². The lowest BCUT2D eigenvalue weighted by molar-refractivity contribution is 0.311. The van der Waals surface area contributed by atoms with Crippen molar-refractivity contribution in [2.45, 2.75) is 0 Å². The van der Waals surface area contributed by atoms with Gasteiger partial charge >= 0.3 is 0 Å². The molecule has 1 aromatic rings. The van der Waals surface area contributed by atoms with Crippen LogP contribution in [-0.2, 0) is 0 Å². The first-order valence-electron chi connectivity index (χ1n) is 5.34. The number of rotatable bonds is 1. The molecule has 1 aromatic carbocycles. The highest BCUT2D eigenvalue weighted by Gasteiger charge is 2.17. The number of nitriles is 1. The Morgan fingerprint density at radius 2 is 1.94 bits per heavy atom. The second-order valence-electron chi connectivity index (χ2n) is 4.07. The Labute approximate surface area is 94.7 Å². The normalized spacial score (nSPS) is 17.2. The van der Waals surface area contributed by atoms with Gasteiger partial charge in [-0.2, -0.15) is 5.26 Å². The van der Waals surface area contributed by atoms with Crippen LogP contribution >= 0.6 is 0 Å². The predicted molar refractivity (Wildman–Crippen MR) is 60.8 cm³/mol. The second kappa shape index (κ2) is 4.50. The molecule has 0 bridgehead atoms. The minimum atomic E-state index is -0.302. The fourth-order valence-electron chi connectivity index (χ4n) is 1.88. The average Bonchev–Trinajstić information content (AvgIpc) is 2.30. The van der Waals surface area contributed by atoms with Crippen LogP contribution in [0.3, 0.4) is 0 Å². The van der Waals surface area contributed by atoms with Gasteiger partial charge in [-0.25, -0.2) is 4.39 Å². The van der Waals surface area contributed by atoms with Crippen LogP contribution in [-0.4, -0.2) is 38.1 Å². The van der Waals surface area contributed by atoms with E-state index in [0.29, 0.717) is 11.3 Å². The van der Waals surface area contributed by atoms with E-state index in [1.807, 2.05) is 11.0 Å². The molecule has 2 rings (SSSR count). The van der Waals surface area contributed by atoms with Crippen molar-refractivity contribution >= 4 is 5.69 Å². The molecule has 1 heterocycles. The van der Waals surface area contributed by atoms with Gasteiger partial charge in [-0.1, -0.05) is 0 Å². The highest BCUT2D eigenvalue weighted by Crippen LogP contribution is 2.21. The Hall–Kier alpha value is -1.60. The summed E-state index contributed by atoms with van der Waals surface area (Å²) < 4.78 is 13.7. The number of halogens is 1. The molecule has 3 nitrogen and oxygen atoms in total. The Morgan fingerprint density at radius 3 is 2.50 bits per heavy atom. The Morgan fingerprint density at radius 1 is 1.25 bits per heavy atom. The molecule has 0 aliphatic carbocycles. The number of anilines is 1. The summed E-state index contributed by atoms with van der Waals surface area (Å²) in [6.45, 7) is 3.55. The SMILES string of the molecule is CN1CCN(c2ccc(C#N)cc2F)CC1. The number of benzene rings is 1. The molecule has 1 fully saturated rings. The van der Waals surface area contributed by atoms with Crippen molar-refractivity contribution in [3.05, 3.63) is 29.6 Å². The van der Waals surface area contributed by atoms with E-state index < -0.39 is 0 Å². The number of hydrogen-bond donors (Lipinski definition) is 0. The molecule has 0 atom stereocenters. The van der Waals surface area contributed by atoms with Gasteiger partial charge in [0.15, 0.2) is 0 Å². The predicted octanol–water partition coefficient (Wildman–Crippen LogP) is 1.45. The third kappa shape index (κ3) is 2.15. The second-order valence-corrected chi connectivity index (χ2v) is 4.07. The highest BCUT2D eigenvalue weighted by atomic mass is 19.1. The minimum absolute atomic E-state index is 0.302. The molecule has 1 saturated heterocycles. The highest BCUT2D eigenvalue weighted by molar-refractivity contribution is 5.51. The van der Waals surface area contributed by atoms with Crippen LogP contribution in [0.15, 0.2) is 18.2 Å². The molecular formula is C12H14FN3. The van der Waals surface area contributed by atoms with Gasteiger partial charge in [-0.3, -0.25) is 0 Å². The van der Waals surface area contributed by atoms with Crippen molar-refractivity contribution in [1.29, 1.82) is 5.26 Å². The van der Waals surface area contributed by atoms with E-state index >= 15 is 0 Å².